The van der Waals surface area contributed by atoms with Crippen LogP contribution in [0, 0.1) is 4.91 Å². The lowest BCUT2D eigenvalue weighted by atomic mass is 10.2. The molecule has 3 aliphatic rings. The summed E-state index contributed by atoms with van der Waals surface area (Å²) in [6.45, 7) is 1.88. The molecule has 0 bridgehead atoms. The molecule has 0 saturated carbocycles. The highest BCUT2D eigenvalue weighted by atomic mass is 79.9. The average molecular weight is 396 g/mol. The summed E-state index contributed by atoms with van der Waals surface area (Å²) in [5.41, 5.74) is 1.42. The maximum Gasteiger partial charge on any atom is 0.435 e. The number of halogens is 4. The number of aliphatic imine (C=N–C) groups is 2. The molecular weight excluding hydrogens is 381 g/mol. The van der Waals surface area contributed by atoms with E-state index in [1.54, 1.807) is 0 Å². The Morgan fingerprint density at radius 1 is 1.43 bits per heavy atom. The van der Waals surface area contributed by atoms with Crippen molar-refractivity contribution in [3.63, 3.8) is 0 Å². The lowest BCUT2D eigenvalue weighted by Gasteiger charge is -2.19. The second-order valence-corrected chi connectivity index (χ2v) is 6.15. The fourth-order valence-electron chi connectivity index (χ4n) is 2.72. The second-order valence-electron chi connectivity index (χ2n) is 5.28. The molecule has 0 radical (unpaired) electrons. The Morgan fingerprint density at radius 2 is 2.17 bits per heavy atom. The summed E-state index contributed by atoms with van der Waals surface area (Å²) in [5.74, 6) is 0.238. The largest absolute Gasteiger partial charge is 0.435 e. The zero-order valence-corrected chi connectivity index (χ0v) is 13.9. The van der Waals surface area contributed by atoms with Gasteiger partial charge in [0.25, 0.3) is 0 Å². The molecule has 1 unspecified atom stereocenters. The number of guanidine groups is 1. The SMILES string of the molecule is CCCCCN1C2=NC(Br)NN2C2=C1[N+](=O)CN=C2C(F)(F)F. The van der Waals surface area contributed by atoms with Crippen LogP contribution in [-0.2, 0) is 0 Å². The second kappa shape index (κ2) is 5.86. The summed E-state index contributed by atoms with van der Waals surface area (Å²) in [6.07, 6.45) is -2.01. The predicted octanol–water partition coefficient (Wildman–Crippen LogP) is 2.27. The van der Waals surface area contributed by atoms with E-state index in [1.807, 2.05) is 6.92 Å². The van der Waals surface area contributed by atoms with Crippen LogP contribution < -0.4 is 5.43 Å². The number of allylic oxidation sites excluding steroid dienone is 1. The van der Waals surface area contributed by atoms with Crippen molar-refractivity contribution in [1.29, 1.82) is 0 Å². The third kappa shape index (κ3) is 2.75. The first-order valence-corrected chi connectivity index (χ1v) is 8.12. The predicted molar refractivity (Wildman–Crippen MR) is 80.4 cm³/mol. The summed E-state index contributed by atoms with van der Waals surface area (Å²) in [6, 6.07) is 0. The van der Waals surface area contributed by atoms with E-state index in [4.69, 9.17) is 0 Å². The zero-order chi connectivity index (χ0) is 16.8. The van der Waals surface area contributed by atoms with Crippen LogP contribution in [0.4, 0.5) is 13.2 Å². The fourth-order valence-corrected chi connectivity index (χ4v) is 3.11. The van der Waals surface area contributed by atoms with Crippen molar-refractivity contribution in [3.05, 3.63) is 16.4 Å². The molecule has 0 spiro atoms. The smallest absolute Gasteiger partial charge is 0.230 e. The molecule has 0 amide bonds. The van der Waals surface area contributed by atoms with Gasteiger partial charge in [0.1, 0.15) is 0 Å². The van der Waals surface area contributed by atoms with E-state index >= 15 is 0 Å². The molecule has 1 N–H and O–H groups in total. The van der Waals surface area contributed by atoms with Gasteiger partial charge in [-0.25, -0.2) is 10.0 Å². The summed E-state index contributed by atoms with van der Waals surface area (Å²) >= 11 is 3.20. The van der Waals surface area contributed by atoms with Gasteiger partial charge in [0.15, 0.2) is 16.5 Å². The van der Waals surface area contributed by atoms with Crippen molar-refractivity contribution in [2.45, 2.75) is 37.4 Å². The van der Waals surface area contributed by atoms with Gasteiger partial charge >= 0.3 is 18.0 Å². The number of nitroso groups, excluding NO2 is 1. The Labute approximate surface area is 138 Å². The molecule has 23 heavy (non-hydrogen) atoms. The minimum Gasteiger partial charge on any atom is -0.230 e. The van der Waals surface area contributed by atoms with Crippen molar-refractivity contribution >= 4 is 27.6 Å². The Hall–Kier alpha value is -1.49. The monoisotopic (exact) mass is 395 g/mol. The van der Waals surface area contributed by atoms with E-state index in [0.717, 1.165) is 19.3 Å². The van der Waals surface area contributed by atoms with Crippen molar-refractivity contribution < 1.29 is 17.9 Å². The topological polar surface area (TPSA) is 63.3 Å². The van der Waals surface area contributed by atoms with E-state index < -0.39 is 23.6 Å². The van der Waals surface area contributed by atoms with Crippen LogP contribution in [0.1, 0.15) is 26.2 Å². The Kier molecular flexibility index (Phi) is 4.17. The molecule has 3 rings (SSSR count). The third-order valence-electron chi connectivity index (χ3n) is 3.67. The molecule has 0 aromatic heterocycles. The molecule has 0 aliphatic carbocycles. The summed E-state index contributed by atoms with van der Waals surface area (Å²) < 4.78 is 40.3. The number of unbranched alkanes of at least 4 members (excludes halogenated alkanes) is 2. The van der Waals surface area contributed by atoms with Crippen molar-refractivity contribution in [3.8, 4) is 0 Å². The van der Waals surface area contributed by atoms with Gasteiger partial charge < -0.3 is 0 Å². The number of nitrogens with one attached hydrogen (secondary N) is 1. The number of nitrogens with zero attached hydrogens (tertiary/aromatic N) is 5. The van der Waals surface area contributed by atoms with Crippen LogP contribution in [0.15, 0.2) is 21.5 Å². The van der Waals surface area contributed by atoms with Gasteiger partial charge in [-0.3, -0.25) is 0 Å². The number of fused-ring (bicyclic) bond motifs is 2. The highest BCUT2D eigenvalue weighted by Gasteiger charge is 2.57. The number of hydrogen-bond acceptors (Lipinski definition) is 6. The minimum absolute atomic E-state index is 0.0471. The maximum atomic E-state index is 13.3. The zero-order valence-electron chi connectivity index (χ0n) is 12.3. The van der Waals surface area contributed by atoms with E-state index in [-0.39, 0.29) is 17.5 Å². The molecule has 0 fully saturated rings. The summed E-state index contributed by atoms with van der Waals surface area (Å²) in [5, 5.41) is 0.647. The van der Waals surface area contributed by atoms with E-state index in [0.29, 0.717) is 11.3 Å². The third-order valence-corrected chi connectivity index (χ3v) is 4.08. The van der Waals surface area contributed by atoms with Gasteiger partial charge in [-0.15, -0.1) is 0 Å². The van der Waals surface area contributed by atoms with Crippen LogP contribution in [0.5, 0.6) is 0 Å². The van der Waals surface area contributed by atoms with Crippen molar-refractivity contribution in [2.24, 2.45) is 9.98 Å². The van der Waals surface area contributed by atoms with E-state index in [1.165, 1.54) is 9.91 Å². The number of alkyl halides is 4. The van der Waals surface area contributed by atoms with Gasteiger partial charge in [-0.2, -0.15) is 28.5 Å². The quantitative estimate of drug-likeness (QED) is 0.343. The Bertz CT molecular complexity index is 629. The molecule has 7 nitrogen and oxygen atoms in total. The fraction of sp³-hybridized carbons (Fsp3) is 0.667. The number of hydrazine groups is 1. The Morgan fingerprint density at radius 3 is 2.83 bits per heavy atom. The molecular formula is C12H15BrF3N6O+. The van der Waals surface area contributed by atoms with Gasteiger partial charge in [0.05, 0.1) is 6.54 Å². The summed E-state index contributed by atoms with van der Waals surface area (Å²) in [7, 11) is 0. The van der Waals surface area contributed by atoms with Gasteiger partial charge in [0, 0.05) is 4.76 Å². The van der Waals surface area contributed by atoms with E-state index in [9.17, 15) is 18.1 Å². The summed E-state index contributed by atoms with van der Waals surface area (Å²) in [4.78, 5) is 21.3. The van der Waals surface area contributed by atoms with Crippen LogP contribution in [-0.4, -0.2) is 50.8 Å². The molecule has 1 atom stereocenters. The first-order chi connectivity index (χ1) is 10.8. The first kappa shape index (κ1) is 16.4. The normalized spacial score (nSPS) is 24.0. The molecule has 0 aromatic rings. The van der Waals surface area contributed by atoms with Crippen LogP contribution in [0.3, 0.4) is 0 Å². The maximum absolute atomic E-state index is 13.3. The van der Waals surface area contributed by atoms with Gasteiger partial charge in [0.2, 0.25) is 6.67 Å². The molecule has 3 aliphatic heterocycles. The average Bonchev–Trinajstić information content (AvgIpc) is 2.96. The molecule has 3 heterocycles. The first-order valence-electron chi connectivity index (χ1n) is 7.21. The lowest BCUT2D eigenvalue weighted by Crippen LogP contribution is -2.43. The van der Waals surface area contributed by atoms with Gasteiger partial charge in [-0.1, -0.05) is 18.3 Å². The minimum atomic E-state index is -4.64. The van der Waals surface area contributed by atoms with Crippen LogP contribution >= 0.6 is 15.9 Å². The number of rotatable bonds is 4. The number of hydrogen-bond donors (Lipinski definition) is 1. The van der Waals surface area contributed by atoms with Gasteiger partial charge in [-0.05, 0) is 28.8 Å². The lowest BCUT2D eigenvalue weighted by molar-refractivity contribution is -0.513. The Balaban J connectivity index is 2.02. The molecule has 0 saturated heterocycles. The van der Waals surface area contributed by atoms with Crippen molar-refractivity contribution in [1.82, 2.24) is 15.3 Å². The highest BCUT2D eigenvalue weighted by Crippen LogP contribution is 2.37. The van der Waals surface area contributed by atoms with Crippen LogP contribution in [0.2, 0.25) is 0 Å². The van der Waals surface area contributed by atoms with E-state index in [2.05, 4.69) is 31.3 Å². The molecule has 0 aromatic carbocycles. The molecule has 11 heteroatoms. The standard InChI is InChI=1S/C12H15BrF3N6O/c1-2-3-4-5-20-9-7(22-11(20)18-10(13)19-22)8(12(14,15)16)17-6-21(9)23/h10,19H,2-6H2,1H3/q+1. The molecule has 126 valence electrons. The van der Waals surface area contributed by atoms with Crippen LogP contribution in [0.25, 0.3) is 0 Å². The highest BCUT2D eigenvalue weighted by molar-refractivity contribution is 9.09. The van der Waals surface area contributed by atoms with Crippen molar-refractivity contribution in [2.75, 3.05) is 13.2 Å².